The van der Waals surface area contributed by atoms with E-state index in [9.17, 15) is 0 Å². The molecule has 0 aliphatic carbocycles. The Hall–Kier alpha value is -0.973. The van der Waals surface area contributed by atoms with Gasteiger partial charge in [-0.3, -0.25) is 4.98 Å². The number of pyridine rings is 1. The topological polar surface area (TPSA) is 31.4 Å². The fourth-order valence-corrected chi connectivity index (χ4v) is 3.49. The van der Waals surface area contributed by atoms with Crippen LogP contribution in [0.5, 0.6) is 0 Å². The second-order valence-corrected chi connectivity index (χ2v) is 8.76. The van der Waals surface area contributed by atoms with Gasteiger partial charge in [0.25, 0.3) is 0 Å². The Kier molecular flexibility index (Phi) is 7.73. The van der Waals surface area contributed by atoms with Gasteiger partial charge in [0, 0.05) is 12.4 Å². The summed E-state index contributed by atoms with van der Waals surface area (Å²) in [7, 11) is -2.13. The van der Waals surface area contributed by atoms with E-state index in [1.165, 1.54) is 19.3 Å². The second kappa shape index (κ2) is 9.05. The van der Waals surface area contributed by atoms with Crippen LogP contribution < -0.4 is 0 Å². The first-order chi connectivity index (χ1) is 9.57. The average molecular weight is 293 g/mol. The van der Waals surface area contributed by atoms with Gasteiger partial charge in [0.2, 0.25) is 0 Å². The molecule has 0 saturated heterocycles. The molecule has 3 nitrogen and oxygen atoms in total. The zero-order valence-corrected chi connectivity index (χ0v) is 14.0. The summed E-state index contributed by atoms with van der Waals surface area (Å²) in [5, 5.41) is 0. The van der Waals surface area contributed by atoms with Crippen LogP contribution in [0.15, 0.2) is 37.2 Å². The van der Waals surface area contributed by atoms with E-state index in [1.807, 2.05) is 24.4 Å². The van der Waals surface area contributed by atoms with E-state index in [0.717, 1.165) is 12.0 Å². The Morgan fingerprint density at radius 2 is 2.20 bits per heavy atom. The molecule has 4 heteroatoms. The summed E-state index contributed by atoms with van der Waals surface area (Å²) in [5.74, 6) is 0. The first-order valence-electron chi connectivity index (χ1n) is 7.40. The van der Waals surface area contributed by atoms with Crippen molar-refractivity contribution in [2.45, 2.75) is 58.4 Å². The van der Waals surface area contributed by atoms with E-state index < -0.39 is 8.56 Å². The molecule has 0 amide bonds. The van der Waals surface area contributed by atoms with Crippen molar-refractivity contribution in [3.63, 3.8) is 0 Å². The molecule has 0 saturated carbocycles. The maximum atomic E-state index is 6.13. The molecular weight excluding hydrogens is 266 g/mol. The lowest BCUT2D eigenvalue weighted by Gasteiger charge is -2.27. The molecule has 0 bridgehead atoms. The molecule has 1 atom stereocenters. The molecule has 0 aliphatic rings. The molecule has 1 unspecified atom stereocenters. The van der Waals surface area contributed by atoms with Crippen molar-refractivity contribution < 1.29 is 8.85 Å². The van der Waals surface area contributed by atoms with Gasteiger partial charge < -0.3 is 8.85 Å². The van der Waals surface area contributed by atoms with E-state index >= 15 is 0 Å². The maximum absolute atomic E-state index is 6.13. The number of aromatic nitrogens is 1. The maximum Gasteiger partial charge on any atom is 0.332 e. The van der Waals surface area contributed by atoms with E-state index in [1.54, 1.807) is 6.20 Å². The molecule has 1 aromatic rings. The van der Waals surface area contributed by atoms with E-state index in [4.69, 9.17) is 8.85 Å². The fraction of sp³-hybridized carbons (Fsp3) is 0.562. The van der Waals surface area contributed by atoms with Crippen LogP contribution in [0, 0.1) is 0 Å². The summed E-state index contributed by atoms with van der Waals surface area (Å²) in [5.41, 5.74) is 1.08. The van der Waals surface area contributed by atoms with Crippen LogP contribution in [-0.2, 0) is 15.5 Å². The minimum atomic E-state index is -2.13. The molecule has 0 fully saturated rings. The number of unbranched alkanes of at least 4 members (excludes halogenated alkanes) is 2. The van der Waals surface area contributed by atoms with Crippen molar-refractivity contribution in [3.05, 3.63) is 42.7 Å². The molecule has 1 aromatic heterocycles. The molecule has 0 spiro atoms. The fourth-order valence-electron chi connectivity index (χ4n) is 1.96. The molecule has 1 rings (SSSR count). The zero-order valence-electron chi connectivity index (χ0n) is 13.0. The predicted molar refractivity (Wildman–Crippen MR) is 85.7 cm³/mol. The monoisotopic (exact) mass is 293 g/mol. The van der Waals surface area contributed by atoms with Gasteiger partial charge in [-0.05, 0) is 31.1 Å². The lowest BCUT2D eigenvalue weighted by atomic mass is 10.1. The molecule has 0 radical (unpaired) electrons. The number of hydrogen-bond acceptors (Lipinski definition) is 3. The lowest BCUT2D eigenvalue weighted by Crippen LogP contribution is -2.38. The summed E-state index contributed by atoms with van der Waals surface area (Å²) in [6.45, 7) is 10.8. The van der Waals surface area contributed by atoms with Crippen LogP contribution in [0.25, 0.3) is 0 Å². The van der Waals surface area contributed by atoms with Crippen LogP contribution in [0.2, 0.25) is 13.1 Å². The summed E-state index contributed by atoms with van der Waals surface area (Å²) in [6, 6.07) is 3.94. The highest BCUT2D eigenvalue weighted by Gasteiger charge is 2.27. The Morgan fingerprint density at radius 3 is 2.80 bits per heavy atom. The quantitative estimate of drug-likeness (QED) is 0.363. The highest BCUT2D eigenvalue weighted by Crippen LogP contribution is 2.17. The third-order valence-electron chi connectivity index (χ3n) is 3.10. The molecule has 0 N–H and O–H groups in total. The minimum Gasteiger partial charge on any atom is -0.390 e. The summed E-state index contributed by atoms with van der Waals surface area (Å²) in [6.07, 6.45) is 10.3. The first-order valence-corrected chi connectivity index (χ1v) is 10.2. The summed E-state index contributed by atoms with van der Waals surface area (Å²) in [4.78, 5) is 4.09. The van der Waals surface area contributed by atoms with Gasteiger partial charge >= 0.3 is 8.56 Å². The molecule has 20 heavy (non-hydrogen) atoms. The normalized spacial score (nSPS) is 13.2. The van der Waals surface area contributed by atoms with Crippen LogP contribution in [0.1, 0.15) is 38.2 Å². The Morgan fingerprint density at radius 1 is 1.40 bits per heavy atom. The van der Waals surface area contributed by atoms with Gasteiger partial charge in [-0.15, -0.1) is 6.58 Å². The van der Waals surface area contributed by atoms with Gasteiger partial charge in [-0.2, -0.15) is 0 Å². The van der Waals surface area contributed by atoms with Crippen molar-refractivity contribution in [3.8, 4) is 0 Å². The molecule has 0 aliphatic heterocycles. The highest BCUT2D eigenvalue weighted by atomic mass is 28.4. The Labute approximate surface area is 124 Å². The third-order valence-corrected chi connectivity index (χ3v) is 4.81. The van der Waals surface area contributed by atoms with Crippen LogP contribution >= 0.6 is 0 Å². The number of rotatable bonds is 10. The third kappa shape index (κ3) is 6.98. The van der Waals surface area contributed by atoms with Crippen molar-refractivity contribution in [1.29, 1.82) is 0 Å². The summed E-state index contributed by atoms with van der Waals surface area (Å²) < 4.78 is 12.1. The van der Waals surface area contributed by atoms with E-state index in [2.05, 4.69) is 31.6 Å². The smallest absolute Gasteiger partial charge is 0.332 e. The molecular formula is C16H27NO2Si. The van der Waals surface area contributed by atoms with Gasteiger partial charge in [0.1, 0.15) is 0 Å². The van der Waals surface area contributed by atoms with Gasteiger partial charge in [0.05, 0.1) is 12.7 Å². The number of nitrogens with zero attached hydrogens (tertiary/aromatic N) is 1. The molecule has 0 aromatic carbocycles. The van der Waals surface area contributed by atoms with E-state index in [-0.39, 0.29) is 6.10 Å². The van der Waals surface area contributed by atoms with Crippen molar-refractivity contribution in [2.24, 2.45) is 0 Å². The average Bonchev–Trinajstić information content (AvgIpc) is 2.45. The SMILES string of the molecule is C=CC(CCCCC)O[Si](C)(C)OCc1cccnc1. The van der Waals surface area contributed by atoms with Crippen molar-refractivity contribution in [1.82, 2.24) is 4.98 Å². The largest absolute Gasteiger partial charge is 0.390 e. The minimum absolute atomic E-state index is 0.108. The van der Waals surface area contributed by atoms with Gasteiger partial charge in [-0.25, -0.2) is 0 Å². The van der Waals surface area contributed by atoms with Crippen molar-refractivity contribution >= 4 is 8.56 Å². The van der Waals surface area contributed by atoms with Crippen LogP contribution in [0.3, 0.4) is 0 Å². The Bertz CT molecular complexity index is 381. The second-order valence-electron chi connectivity index (χ2n) is 5.44. The van der Waals surface area contributed by atoms with Crippen LogP contribution in [-0.4, -0.2) is 19.6 Å². The molecule has 1 heterocycles. The predicted octanol–water partition coefficient (Wildman–Crippen LogP) is 4.45. The zero-order chi connectivity index (χ0) is 14.8. The van der Waals surface area contributed by atoms with Crippen LogP contribution in [0.4, 0.5) is 0 Å². The lowest BCUT2D eigenvalue weighted by molar-refractivity contribution is 0.134. The Balaban J connectivity index is 2.40. The standard InChI is InChI=1S/C16H27NO2Si/c1-5-7-8-11-16(6-2)19-20(3,4)18-14-15-10-9-12-17-13-15/h6,9-10,12-13,16H,2,5,7-8,11,14H2,1,3-4H3. The van der Waals surface area contributed by atoms with Gasteiger partial charge in [0.15, 0.2) is 0 Å². The highest BCUT2D eigenvalue weighted by molar-refractivity contribution is 6.64. The first kappa shape index (κ1) is 17.1. The summed E-state index contributed by atoms with van der Waals surface area (Å²) >= 11 is 0. The van der Waals surface area contributed by atoms with Gasteiger partial charge in [-0.1, -0.05) is 38.3 Å². The van der Waals surface area contributed by atoms with Crippen molar-refractivity contribution in [2.75, 3.05) is 0 Å². The molecule has 112 valence electrons. The number of hydrogen-bond donors (Lipinski definition) is 0. The van der Waals surface area contributed by atoms with E-state index in [0.29, 0.717) is 6.61 Å².